The molecule has 0 unspecified atom stereocenters. The average molecular weight is 438 g/mol. The number of ether oxygens (including phenoxy) is 3. The van der Waals surface area contributed by atoms with Crippen LogP contribution in [0.1, 0.15) is 19.0 Å². The molecule has 12 nitrogen and oxygen atoms in total. The van der Waals surface area contributed by atoms with Gasteiger partial charge in [0.1, 0.15) is 5.69 Å². The molecule has 2 N–H and O–H groups in total. The first-order chi connectivity index (χ1) is 15.1. The van der Waals surface area contributed by atoms with Crippen molar-refractivity contribution < 1.29 is 28.6 Å². The molecule has 0 bridgehead atoms. The van der Waals surface area contributed by atoms with Crippen molar-refractivity contribution in [3.63, 3.8) is 0 Å². The molecule has 0 spiro atoms. The number of nitrogens with one attached hydrogen (secondary N) is 2. The van der Waals surface area contributed by atoms with Gasteiger partial charge < -0.3 is 24.8 Å². The third kappa shape index (κ3) is 9.68. The summed E-state index contributed by atoms with van der Waals surface area (Å²) in [6, 6.07) is -0.185. The van der Waals surface area contributed by atoms with Gasteiger partial charge in [-0.2, -0.15) is 0 Å². The Hall–Kier alpha value is -2.83. The summed E-state index contributed by atoms with van der Waals surface area (Å²) in [6.45, 7) is 6.31. The Morgan fingerprint density at radius 2 is 1.55 bits per heavy atom. The van der Waals surface area contributed by atoms with Crippen molar-refractivity contribution in [3.8, 4) is 0 Å². The first-order valence-corrected chi connectivity index (χ1v) is 10.3. The van der Waals surface area contributed by atoms with Gasteiger partial charge >= 0.3 is 6.03 Å². The van der Waals surface area contributed by atoms with Crippen LogP contribution >= 0.6 is 0 Å². The molecule has 1 aromatic rings. The van der Waals surface area contributed by atoms with E-state index in [1.54, 1.807) is 10.9 Å². The molecular formula is C19H30N6O6. The highest BCUT2D eigenvalue weighted by Crippen LogP contribution is 2.08. The van der Waals surface area contributed by atoms with Crippen molar-refractivity contribution in [2.45, 2.75) is 26.4 Å². The summed E-state index contributed by atoms with van der Waals surface area (Å²) in [4.78, 5) is 35.5. The maximum Gasteiger partial charge on any atom is 0.314 e. The normalized spacial score (nSPS) is 13.3. The maximum atomic E-state index is 11.5. The fourth-order valence-corrected chi connectivity index (χ4v) is 2.51. The van der Waals surface area contributed by atoms with Crippen molar-refractivity contribution in [3.05, 3.63) is 24.0 Å². The number of amides is 4. The fourth-order valence-electron chi connectivity index (χ4n) is 2.51. The first kappa shape index (κ1) is 24.4. The number of rotatable bonds is 16. The molecule has 0 aromatic carbocycles. The minimum atomic E-state index is -0.347. The van der Waals surface area contributed by atoms with Gasteiger partial charge in [0.15, 0.2) is 0 Å². The molecule has 0 aliphatic carbocycles. The van der Waals surface area contributed by atoms with Gasteiger partial charge in [0.2, 0.25) is 0 Å². The zero-order chi connectivity index (χ0) is 22.3. The van der Waals surface area contributed by atoms with Gasteiger partial charge in [-0.25, -0.2) is 9.48 Å². The Balaban J connectivity index is 1.40. The number of urea groups is 1. The van der Waals surface area contributed by atoms with Crippen LogP contribution in [0, 0.1) is 0 Å². The monoisotopic (exact) mass is 438 g/mol. The van der Waals surface area contributed by atoms with Gasteiger partial charge in [-0.05, 0) is 6.42 Å². The lowest BCUT2D eigenvalue weighted by Crippen LogP contribution is -2.37. The van der Waals surface area contributed by atoms with Crippen LogP contribution in [0.5, 0.6) is 0 Å². The molecule has 0 saturated heterocycles. The largest absolute Gasteiger partial charge is 0.377 e. The Bertz CT molecular complexity index is 719. The summed E-state index contributed by atoms with van der Waals surface area (Å²) < 4.78 is 17.8. The van der Waals surface area contributed by atoms with E-state index in [4.69, 9.17) is 14.2 Å². The molecule has 1 aromatic heterocycles. The van der Waals surface area contributed by atoms with Crippen molar-refractivity contribution in [2.75, 3.05) is 52.7 Å². The van der Waals surface area contributed by atoms with E-state index < -0.39 is 0 Å². The molecule has 0 atom stereocenters. The Morgan fingerprint density at radius 3 is 2.23 bits per heavy atom. The van der Waals surface area contributed by atoms with Crippen LogP contribution in [0.3, 0.4) is 0 Å². The second-order valence-corrected chi connectivity index (χ2v) is 6.59. The molecule has 0 saturated carbocycles. The van der Waals surface area contributed by atoms with Crippen LogP contribution in [0.2, 0.25) is 0 Å². The van der Waals surface area contributed by atoms with Gasteiger partial charge in [-0.1, -0.05) is 12.1 Å². The quantitative estimate of drug-likeness (QED) is 0.259. The van der Waals surface area contributed by atoms with Crippen LogP contribution in [-0.4, -0.2) is 90.5 Å². The van der Waals surface area contributed by atoms with Crippen LogP contribution in [-0.2, 0) is 36.9 Å². The van der Waals surface area contributed by atoms with Crippen LogP contribution in [0.15, 0.2) is 18.3 Å². The Kier molecular flexibility index (Phi) is 11.2. The van der Waals surface area contributed by atoms with Crippen molar-refractivity contribution >= 4 is 17.8 Å². The zero-order valence-electron chi connectivity index (χ0n) is 17.7. The summed E-state index contributed by atoms with van der Waals surface area (Å²) in [5.74, 6) is -0.695. The smallest absolute Gasteiger partial charge is 0.314 e. The standard InChI is InChI=1S/C19H30N6O6/c1-2-5-20-19(28)21-6-8-29-10-12-31-13-11-30-9-7-24-14-16(22-23-24)15-25-17(26)3-4-18(25)27/h3-4,14H,2,5-13,15H2,1H3,(H2,20,21,28). The van der Waals surface area contributed by atoms with E-state index in [9.17, 15) is 14.4 Å². The number of carbonyl (C=O) groups excluding carboxylic acids is 3. The number of hydrogen-bond acceptors (Lipinski definition) is 8. The molecule has 1 aliphatic heterocycles. The van der Waals surface area contributed by atoms with Gasteiger partial charge in [-0.3, -0.25) is 14.5 Å². The van der Waals surface area contributed by atoms with Crippen molar-refractivity contribution in [1.29, 1.82) is 0 Å². The highest BCUT2D eigenvalue weighted by molar-refractivity contribution is 6.12. The van der Waals surface area contributed by atoms with E-state index >= 15 is 0 Å². The predicted octanol–water partition coefficient (Wildman–Crippen LogP) is -0.538. The first-order valence-electron chi connectivity index (χ1n) is 10.3. The summed E-state index contributed by atoms with van der Waals surface area (Å²) in [6.07, 6.45) is 5.05. The van der Waals surface area contributed by atoms with Crippen molar-refractivity contribution in [2.24, 2.45) is 0 Å². The Morgan fingerprint density at radius 1 is 0.935 bits per heavy atom. The van der Waals surface area contributed by atoms with E-state index in [-0.39, 0.29) is 24.4 Å². The molecule has 31 heavy (non-hydrogen) atoms. The van der Waals surface area contributed by atoms with Crippen LogP contribution in [0.25, 0.3) is 0 Å². The lowest BCUT2D eigenvalue weighted by molar-refractivity contribution is -0.137. The molecule has 1 aliphatic rings. The lowest BCUT2D eigenvalue weighted by atomic mass is 10.4. The van der Waals surface area contributed by atoms with E-state index in [0.29, 0.717) is 65.0 Å². The van der Waals surface area contributed by atoms with E-state index in [1.807, 2.05) is 6.92 Å². The third-order valence-corrected chi connectivity index (χ3v) is 4.08. The molecule has 0 fully saturated rings. The van der Waals surface area contributed by atoms with Crippen LogP contribution < -0.4 is 10.6 Å². The fraction of sp³-hybridized carbons (Fsp3) is 0.632. The molecule has 172 valence electrons. The summed E-state index contributed by atoms with van der Waals surface area (Å²) in [5.41, 5.74) is 0.533. The highest BCUT2D eigenvalue weighted by Gasteiger charge is 2.24. The molecular weight excluding hydrogens is 408 g/mol. The number of imide groups is 1. The number of aromatic nitrogens is 3. The van der Waals surface area contributed by atoms with Gasteiger partial charge in [-0.15, -0.1) is 5.10 Å². The molecule has 0 radical (unpaired) electrons. The number of carbonyl (C=O) groups is 3. The molecule has 4 amide bonds. The van der Waals surface area contributed by atoms with E-state index in [0.717, 1.165) is 11.3 Å². The van der Waals surface area contributed by atoms with Gasteiger partial charge in [0.05, 0.1) is 58.9 Å². The minimum absolute atomic E-state index is 0.101. The summed E-state index contributed by atoms with van der Waals surface area (Å²) in [5, 5.41) is 13.3. The minimum Gasteiger partial charge on any atom is -0.377 e. The predicted molar refractivity (Wildman–Crippen MR) is 109 cm³/mol. The lowest BCUT2D eigenvalue weighted by Gasteiger charge is -2.10. The maximum absolute atomic E-state index is 11.5. The third-order valence-electron chi connectivity index (χ3n) is 4.08. The van der Waals surface area contributed by atoms with E-state index in [1.165, 1.54) is 12.2 Å². The number of hydrogen-bond donors (Lipinski definition) is 2. The van der Waals surface area contributed by atoms with Crippen LogP contribution in [0.4, 0.5) is 4.79 Å². The zero-order valence-corrected chi connectivity index (χ0v) is 17.7. The summed E-state index contributed by atoms with van der Waals surface area (Å²) in [7, 11) is 0. The number of nitrogens with zero attached hydrogens (tertiary/aromatic N) is 4. The van der Waals surface area contributed by atoms with Gasteiger partial charge in [0.25, 0.3) is 11.8 Å². The molecule has 2 heterocycles. The SMILES string of the molecule is CCCNC(=O)NCCOCCOCCOCCn1cc(CN2C(=O)C=CC2=O)nn1. The van der Waals surface area contributed by atoms with Crippen molar-refractivity contribution in [1.82, 2.24) is 30.5 Å². The van der Waals surface area contributed by atoms with E-state index in [2.05, 4.69) is 20.9 Å². The second kappa shape index (κ2) is 14.2. The summed E-state index contributed by atoms with van der Waals surface area (Å²) >= 11 is 0. The second-order valence-electron chi connectivity index (χ2n) is 6.59. The average Bonchev–Trinajstić information content (AvgIpc) is 3.34. The molecule has 2 rings (SSSR count). The molecule has 12 heteroatoms. The highest BCUT2D eigenvalue weighted by atomic mass is 16.5. The Labute approximate surface area is 180 Å². The topological polar surface area (TPSA) is 137 Å². The van der Waals surface area contributed by atoms with Gasteiger partial charge in [0, 0.05) is 25.2 Å².